The van der Waals surface area contributed by atoms with Crippen LogP contribution in [-0.4, -0.2) is 18.9 Å². The summed E-state index contributed by atoms with van der Waals surface area (Å²) in [5, 5.41) is 2.96. The van der Waals surface area contributed by atoms with Gasteiger partial charge in [-0.2, -0.15) is 0 Å². The Morgan fingerprint density at radius 1 is 1.44 bits per heavy atom. The van der Waals surface area contributed by atoms with Crippen molar-refractivity contribution in [3.05, 3.63) is 28.8 Å². The third kappa shape index (κ3) is 2.82. The molecule has 1 saturated heterocycles. The summed E-state index contributed by atoms with van der Waals surface area (Å²) >= 11 is 5.94. The normalized spacial score (nSPS) is 19.6. The lowest BCUT2D eigenvalue weighted by Gasteiger charge is -2.21. The smallest absolute Gasteiger partial charge is 0.230 e. The lowest BCUT2D eigenvalue weighted by Crippen LogP contribution is -2.41. The molecular weight excluding hydrogens is 254 g/mol. The fourth-order valence-corrected chi connectivity index (χ4v) is 2.30. The molecule has 1 fully saturated rings. The van der Waals surface area contributed by atoms with Gasteiger partial charge in [-0.3, -0.25) is 14.9 Å². The maximum absolute atomic E-state index is 11.7. The number of benzene rings is 1. The molecule has 1 aromatic carbocycles. The van der Waals surface area contributed by atoms with E-state index in [0.29, 0.717) is 30.0 Å². The molecule has 0 radical (unpaired) electrons. The van der Waals surface area contributed by atoms with Gasteiger partial charge in [0.2, 0.25) is 11.8 Å². The minimum absolute atomic E-state index is 0.199. The number of imide groups is 1. The summed E-state index contributed by atoms with van der Waals surface area (Å²) in [6, 6.07) is 5.32. The molecule has 1 aliphatic rings. The van der Waals surface area contributed by atoms with Crippen molar-refractivity contribution in [3.8, 4) is 5.75 Å². The van der Waals surface area contributed by atoms with Gasteiger partial charge in [0.1, 0.15) is 5.75 Å². The molecule has 1 aromatic rings. The van der Waals surface area contributed by atoms with Gasteiger partial charge in [0.25, 0.3) is 0 Å². The standard InChI is InChI=1S/C13H14ClNO3/c1-18-11-4-3-10(14)7-9(11)6-8-2-5-12(16)15-13(8)17/h3-4,7-8H,2,5-6H2,1H3,(H,15,16,17). The zero-order valence-corrected chi connectivity index (χ0v) is 10.8. The predicted molar refractivity (Wildman–Crippen MR) is 67.6 cm³/mol. The second-order valence-corrected chi connectivity index (χ2v) is 4.74. The Balaban J connectivity index is 2.16. The van der Waals surface area contributed by atoms with E-state index in [-0.39, 0.29) is 17.7 Å². The van der Waals surface area contributed by atoms with E-state index >= 15 is 0 Å². The second kappa shape index (κ2) is 5.40. The van der Waals surface area contributed by atoms with Gasteiger partial charge in [-0.1, -0.05) is 11.6 Å². The molecule has 0 bridgehead atoms. The number of halogens is 1. The van der Waals surface area contributed by atoms with Gasteiger partial charge in [-0.05, 0) is 36.6 Å². The second-order valence-electron chi connectivity index (χ2n) is 4.31. The number of amides is 2. The van der Waals surface area contributed by atoms with Crippen LogP contribution in [0.3, 0.4) is 0 Å². The number of nitrogens with one attached hydrogen (secondary N) is 1. The van der Waals surface area contributed by atoms with Gasteiger partial charge >= 0.3 is 0 Å². The zero-order valence-electron chi connectivity index (χ0n) is 10.0. The van der Waals surface area contributed by atoms with E-state index in [9.17, 15) is 9.59 Å². The molecule has 0 aliphatic carbocycles. The maximum atomic E-state index is 11.7. The van der Waals surface area contributed by atoms with E-state index in [0.717, 1.165) is 5.56 Å². The third-order valence-corrected chi connectivity index (χ3v) is 3.30. The molecular formula is C13H14ClNO3. The number of hydrogen-bond acceptors (Lipinski definition) is 3. The van der Waals surface area contributed by atoms with E-state index in [1.165, 1.54) is 0 Å². The molecule has 1 N–H and O–H groups in total. The van der Waals surface area contributed by atoms with Crippen LogP contribution in [0.5, 0.6) is 5.75 Å². The SMILES string of the molecule is COc1ccc(Cl)cc1CC1CCC(=O)NC1=O. The first-order chi connectivity index (χ1) is 8.60. The average Bonchev–Trinajstić information content (AvgIpc) is 2.33. The van der Waals surface area contributed by atoms with Crippen LogP contribution >= 0.6 is 11.6 Å². The number of carbonyl (C=O) groups excluding carboxylic acids is 2. The van der Waals surface area contributed by atoms with Crippen LogP contribution in [0.25, 0.3) is 0 Å². The van der Waals surface area contributed by atoms with E-state index in [4.69, 9.17) is 16.3 Å². The lowest BCUT2D eigenvalue weighted by molar-refractivity contribution is -0.136. The van der Waals surface area contributed by atoms with Gasteiger partial charge in [0.15, 0.2) is 0 Å². The molecule has 1 heterocycles. The van der Waals surface area contributed by atoms with Gasteiger partial charge < -0.3 is 4.74 Å². The van der Waals surface area contributed by atoms with Gasteiger partial charge in [0.05, 0.1) is 7.11 Å². The molecule has 5 heteroatoms. The molecule has 1 atom stereocenters. The van der Waals surface area contributed by atoms with Crippen molar-refractivity contribution in [2.75, 3.05) is 7.11 Å². The Bertz CT molecular complexity index is 487. The predicted octanol–water partition coefficient (Wildman–Crippen LogP) is 1.94. The molecule has 0 aromatic heterocycles. The third-order valence-electron chi connectivity index (χ3n) is 3.06. The minimum atomic E-state index is -0.215. The van der Waals surface area contributed by atoms with E-state index in [1.54, 1.807) is 25.3 Å². The van der Waals surface area contributed by atoms with Gasteiger partial charge in [-0.15, -0.1) is 0 Å². The molecule has 96 valence electrons. The quantitative estimate of drug-likeness (QED) is 0.852. The Hall–Kier alpha value is -1.55. The Labute approximate surface area is 110 Å². The minimum Gasteiger partial charge on any atom is -0.496 e. The molecule has 2 amide bonds. The van der Waals surface area contributed by atoms with Crippen molar-refractivity contribution < 1.29 is 14.3 Å². The van der Waals surface area contributed by atoms with Crippen LogP contribution in [0.1, 0.15) is 18.4 Å². The zero-order chi connectivity index (χ0) is 13.1. The fourth-order valence-electron chi connectivity index (χ4n) is 2.11. The van der Waals surface area contributed by atoms with Crippen LogP contribution in [0.4, 0.5) is 0 Å². The number of hydrogen-bond donors (Lipinski definition) is 1. The Kier molecular flexibility index (Phi) is 3.87. The monoisotopic (exact) mass is 267 g/mol. The first-order valence-corrected chi connectivity index (χ1v) is 6.14. The molecule has 2 rings (SSSR count). The van der Waals surface area contributed by atoms with Crippen LogP contribution < -0.4 is 10.1 Å². The first-order valence-electron chi connectivity index (χ1n) is 5.76. The van der Waals surface area contributed by atoms with Crippen LogP contribution in [-0.2, 0) is 16.0 Å². The topological polar surface area (TPSA) is 55.4 Å². The average molecular weight is 268 g/mol. The highest BCUT2D eigenvalue weighted by atomic mass is 35.5. The van der Waals surface area contributed by atoms with Gasteiger partial charge in [0, 0.05) is 17.4 Å². The summed E-state index contributed by atoms with van der Waals surface area (Å²) in [6.45, 7) is 0. The molecule has 0 spiro atoms. The van der Waals surface area contributed by atoms with Crippen molar-refractivity contribution in [1.82, 2.24) is 5.32 Å². The molecule has 1 aliphatic heterocycles. The van der Waals surface area contributed by atoms with Crippen molar-refractivity contribution in [2.45, 2.75) is 19.3 Å². The molecule has 0 saturated carbocycles. The van der Waals surface area contributed by atoms with E-state index in [2.05, 4.69) is 5.32 Å². The Morgan fingerprint density at radius 3 is 2.89 bits per heavy atom. The summed E-state index contributed by atoms with van der Waals surface area (Å²) < 4.78 is 5.24. The van der Waals surface area contributed by atoms with Crippen molar-refractivity contribution in [3.63, 3.8) is 0 Å². The summed E-state index contributed by atoms with van der Waals surface area (Å²) in [7, 11) is 1.58. The van der Waals surface area contributed by atoms with Gasteiger partial charge in [-0.25, -0.2) is 0 Å². The number of rotatable bonds is 3. The highest BCUT2D eigenvalue weighted by molar-refractivity contribution is 6.30. The largest absolute Gasteiger partial charge is 0.496 e. The lowest BCUT2D eigenvalue weighted by atomic mass is 9.91. The highest BCUT2D eigenvalue weighted by Gasteiger charge is 2.27. The van der Waals surface area contributed by atoms with Crippen molar-refractivity contribution >= 4 is 23.4 Å². The molecule has 4 nitrogen and oxygen atoms in total. The fraction of sp³-hybridized carbons (Fsp3) is 0.385. The number of methoxy groups -OCH3 is 1. The molecule has 18 heavy (non-hydrogen) atoms. The van der Waals surface area contributed by atoms with E-state index < -0.39 is 0 Å². The maximum Gasteiger partial charge on any atom is 0.230 e. The summed E-state index contributed by atoms with van der Waals surface area (Å²) in [4.78, 5) is 22.8. The first kappa shape index (κ1) is 12.9. The highest BCUT2D eigenvalue weighted by Crippen LogP contribution is 2.27. The summed E-state index contributed by atoms with van der Waals surface area (Å²) in [6.07, 6.45) is 1.49. The Morgan fingerprint density at radius 2 is 2.22 bits per heavy atom. The van der Waals surface area contributed by atoms with Crippen molar-refractivity contribution in [1.29, 1.82) is 0 Å². The molecule has 1 unspecified atom stereocenters. The van der Waals surface area contributed by atoms with Crippen LogP contribution in [0.2, 0.25) is 5.02 Å². The number of carbonyl (C=O) groups is 2. The number of ether oxygens (including phenoxy) is 1. The van der Waals surface area contributed by atoms with Crippen LogP contribution in [0, 0.1) is 5.92 Å². The number of piperidine rings is 1. The van der Waals surface area contributed by atoms with Crippen LogP contribution in [0.15, 0.2) is 18.2 Å². The summed E-state index contributed by atoms with van der Waals surface area (Å²) in [5.41, 5.74) is 0.888. The van der Waals surface area contributed by atoms with Crippen molar-refractivity contribution in [2.24, 2.45) is 5.92 Å². The van der Waals surface area contributed by atoms with E-state index in [1.807, 2.05) is 0 Å². The summed E-state index contributed by atoms with van der Waals surface area (Å²) in [5.74, 6) is 0.0988.